The van der Waals surface area contributed by atoms with Crippen molar-refractivity contribution in [2.24, 2.45) is 0 Å². The van der Waals surface area contributed by atoms with Crippen LogP contribution in [0.15, 0.2) is 42.5 Å². The van der Waals surface area contributed by atoms with E-state index < -0.39 is 0 Å². The number of fused-ring (bicyclic) bond motifs is 2. The number of nitrogens with zero attached hydrogens (tertiary/aromatic N) is 2. The number of anilines is 1. The van der Waals surface area contributed by atoms with Gasteiger partial charge in [-0.2, -0.15) is 0 Å². The van der Waals surface area contributed by atoms with Crippen LogP contribution in [0.3, 0.4) is 0 Å². The minimum absolute atomic E-state index is 0.00515. The zero-order valence-electron chi connectivity index (χ0n) is 16.8. The molecule has 1 atom stereocenters. The second-order valence-electron chi connectivity index (χ2n) is 7.85. The molecule has 1 amide bonds. The van der Waals surface area contributed by atoms with Gasteiger partial charge in [0.25, 0.3) is 0 Å². The molecule has 2 aromatic carbocycles. The van der Waals surface area contributed by atoms with Gasteiger partial charge in [-0.05, 0) is 43.7 Å². The number of aromatic nitrogens is 1. The number of carbonyl (C=O) groups is 1. The monoisotopic (exact) mass is 423 g/mol. The molecule has 0 spiro atoms. The van der Waals surface area contributed by atoms with Crippen molar-refractivity contribution in [3.8, 4) is 11.5 Å². The molecule has 3 heterocycles. The fourth-order valence-corrected chi connectivity index (χ4v) is 5.20. The number of carbonyl (C=O) groups excluding carboxylic acids is 1. The van der Waals surface area contributed by atoms with Crippen molar-refractivity contribution in [2.45, 2.75) is 25.2 Å². The number of thiazole rings is 1. The first-order valence-electron chi connectivity index (χ1n) is 10.5. The van der Waals surface area contributed by atoms with E-state index in [0.29, 0.717) is 31.4 Å². The zero-order chi connectivity index (χ0) is 20.3. The second kappa shape index (κ2) is 8.62. The summed E-state index contributed by atoms with van der Waals surface area (Å²) in [6.45, 7) is 3.48. The van der Waals surface area contributed by atoms with Crippen LogP contribution < -0.4 is 14.8 Å². The summed E-state index contributed by atoms with van der Waals surface area (Å²) in [5.41, 5.74) is 1.81. The highest BCUT2D eigenvalue weighted by Gasteiger charge is 2.25. The summed E-state index contributed by atoms with van der Waals surface area (Å²) in [5, 5.41) is 4.19. The van der Waals surface area contributed by atoms with E-state index in [1.807, 2.05) is 24.3 Å². The molecule has 6 nitrogen and oxygen atoms in total. The Morgan fingerprint density at radius 3 is 2.90 bits per heavy atom. The summed E-state index contributed by atoms with van der Waals surface area (Å²) < 4.78 is 12.6. The van der Waals surface area contributed by atoms with Gasteiger partial charge in [0.1, 0.15) is 0 Å². The largest absolute Gasteiger partial charge is 0.490 e. The average Bonchev–Trinajstić information content (AvgIpc) is 3.06. The van der Waals surface area contributed by atoms with Crippen LogP contribution in [-0.2, 0) is 4.79 Å². The van der Waals surface area contributed by atoms with Crippen molar-refractivity contribution < 1.29 is 14.3 Å². The smallest absolute Gasteiger partial charge is 0.238 e. The van der Waals surface area contributed by atoms with Gasteiger partial charge in [-0.3, -0.25) is 9.69 Å². The van der Waals surface area contributed by atoms with E-state index in [0.717, 1.165) is 49.3 Å². The summed E-state index contributed by atoms with van der Waals surface area (Å²) >= 11 is 1.78. The lowest BCUT2D eigenvalue weighted by Gasteiger charge is -2.31. The van der Waals surface area contributed by atoms with Gasteiger partial charge in [-0.25, -0.2) is 4.98 Å². The highest BCUT2D eigenvalue weighted by molar-refractivity contribution is 7.18. The van der Waals surface area contributed by atoms with Gasteiger partial charge in [-0.1, -0.05) is 12.1 Å². The van der Waals surface area contributed by atoms with Crippen molar-refractivity contribution in [3.05, 3.63) is 47.5 Å². The summed E-state index contributed by atoms with van der Waals surface area (Å²) in [6, 6.07) is 13.9. The Morgan fingerprint density at radius 1 is 1.13 bits per heavy atom. The quantitative estimate of drug-likeness (QED) is 0.679. The molecule has 0 aliphatic carbocycles. The van der Waals surface area contributed by atoms with E-state index in [2.05, 4.69) is 28.4 Å². The number of hydrogen-bond donors (Lipinski definition) is 1. The lowest BCUT2D eigenvalue weighted by atomic mass is 9.99. The number of likely N-dealkylation sites (tertiary alicyclic amines) is 1. The van der Waals surface area contributed by atoms with Gasteiger partial charge < -0.3 is 14.8 Å². The molecule has 0 bridgehead atoms. The van der Waals surface area contributed by atoms with Crippen LogP contribution in [0.5, 0.6) is 11.5 Å². The third-order valence-electron chi connectivity index (χ3n) is 5.56. The predicted molar refractivity (Wildman–Crippen MR) is 119 cm³/mol. The standard InChI is InChI=1S/C23H25N3O3S/c27-22(24-17-8-9-19-20(13-17)29-12-4-11-28-19)15-26-10-3-5-16(14-26)23-25-18-6-1-2-7-21(18)30-23/h1-2,6-9,13,16H,3-5,10-12,14-15H2,(H,24,27)/t16-/m1/s1. The highest BCUT2D eigenvalue weighted by atomic mass is 32.1. The van der Waals surface area contributed by atoms with Crippen LogP contribution in [0.25, 0.3) is 10.2 Å². The number of rotatable bonds is 4. The minimum Gasteiger partial charge on any atom is -0.490 e. The fourth-order valence-electron chi connectivity index (χ4n) is 4.11. The van der Waals surface area contributed by atoms with Crippen LogP contribution in [0.4, 0.5) is 5.69 Å². The number of para-hydroxylation sites is 1. The van der Waals surface area contributed by atoms with Crippen molar-refractivity contribution in [3.63, 3.8) is 0 Å². The zero-order valence-corrected chi connectivity index (χ0v) is 17.6. The van der Waals surface area contributed by atoms with Crippen LogP contribution in [-0.4, -0.2) is 48.6 Å². The van der Waals surface area contributed by atoms with E-state index in [1.54, 1.807) is 11.3 Å². The number of amides is 1. The summed E-state index contributed by atoms with van der Waals surface area (Å²) in [7, 11) is 0. The normalized spacial score (nSPS) is 19.4. The van der Waals surface area contributed by atoms with Crippen molar-refractivity contribution in [2.75, 3.05) is 38.2 Å². The maximum atomic E-state index is 12.7. The second-order valence-corrected chi connectivity index (χ2v) is 8.92. The lowest BCUT2D eigenvalue weighted by Crippen LogP contribution is -2.39. The van der Waals surface area contributed by atoms with E-state index in [1.165, 1.54) is 9.71 Å². The van der Waals surface area contributed by atoms with Gasteiger partial charge in [0.05, 0.1) is 35.0 Å². The van der Waals surface area contributed by atoms with Gasteiger partial charge in [-0.15, -0.1) is 11.3 Å². The fraction of sp³-hybridized carbons (Fsp3) is 0.391. The van der Waals surface area contributed by atoms with Gasteiger partial charge in [0, 0.05) is 30.6 Å². The molecule has 30 heavy (non-hydrogen) atoms. The first kappa shape index (κ1) is 19.3. The molecular formula is C23H25N3O3S. The van der Waals surface area contributed by atoms with Crippen molar-refractivity contribution in [1.82, 2.24) is 9.88 Å². The third kappa shape index (κ3) is 4.27. The van der Waals surface area contributed by atoms with E-state index in [9.17, 15) is 4.79 Å². The van der Waals surface area contributed by atoms with Crippen LogP contribution in [0, 0.1) is 0 Å². The number of ether oxygens (including phenoxy) is 2. The van der Waals surface area contributed by atoms with E-state index in [4.69, 9.17) is 14.5 Å². The maximum Gasteiger partial charge on any atom is 0.238 e. The van der Waals surface area contributed by atoms with Gasteiger partial charge >= 0.3 is 0 Å². The van der Waals surface area contributed by atoms with Crippen LogP contribution in [0.1, 0.15) is 30.2 Å². The Kier molecular flexibility index (Phi) is 5.55. The average molecular weight is 424 g/mol. The Balaban J connectivity index is 1.21. The molecule has 0 unspecified atom stereocenters. The molecule has 1 aromatic heterocycles. The molecule has 1 fully saturated rings. The van der Waals surface area contributed by atoms with Crippen LogP contribution in [0.2, 0.25) is 0 Å². The number of piperidine rings is 1. The SMILES string of the molecule is O=C(CN1CCC[C@@H](c2nc3ccccc3s2)C1)Nc1ccc2c(c1)OCCCO2. The molecule has 0 saturated carbocycles. The molecule has 156 valence electrons. The van der Waals surface area contributed by atoms with Crippen LogP contribution >= 0.6 is 11.3 Å². The number of hydrogen-bond acceptors (Lipinski definition) is 6. The van der Waals surface area contributed by atoms with E-state index in [-0.39, 0.29) is 5.91 Å². The Bertz CT molecular complexity index is 1020. The minimum atomic E-state index is -0.00515. The van der Waals surface area contributed by atoms with Crippen molar-refractivity contribution in [1.29, 1.82) is 0 Å². The highest BCUT2D eigenvalue weighted by Crippen LogP contribution is 2.34. The Labute approximate surface area is 179 Å². The lowest BCUT2D eigenvalue weighted by molar-refractivity contribution is -0.117. The first-order valence-corrected chi connectivity index (χ1v) is 11.3. The Morgan fingerprint density at radius 2 is 2.00 bits per heavy atom. The predicted octanol–water partition coefficient (Wildman–Crippen LogP) is 4.28. The first-order chi connectivity index (χ1) is 14.7. The summed E-state index contributed by atoms with van der Waals surface area (Å²) in [6.07, 6.45) is 3.07. The summed E-state index contributed by atoms with van der Waals surface area (Å²) in [5.74, 6) is 1.82. The third-order valence-corrected chi connectivity index (χ3v) is 6.76. The number of nitrogens with one attached hydrogen (secondary N) is 1. The number of benzene rings is 2. The maximum absolute atomic E-state index is 12.7. The van der Waals surface area contributed by atoms with Gasteiger partial charge in [0.15, 0.2) is 11.5 Å². The van der Waals surface area contributed by atoms with E-state index >= 15 is 0 Å². The van der Waals surface area contributed by atoms with Crippen molar-refractivity contribution >= 4 is 33.1 Å². The molecule has 5 rings (SSSR count). The molecule has 7 heteroatoms. The molecule has 0 radical (unpaired) electrons. The summed E-state index contributed by atoms with van der Waals surface area (Å²) in [4.78, 5) is 19.7. The van der Waals surface area contributed by atoms with Gasteiger partial charge in [0.2, 0.25) is 5.91 Å². The molecular weight excluding hydrogens is 398 g/mol. The molecule has 2 aliphatic rings. The molecule has 3 aromatic rings. The molecule has 2 aliphatic heterocycles. The topological polar surface area (TPSA) is 63.7 Å². The molecule has 1 saturated heterocycles. The molecule has 1 N–H and O–H groups in total. The Hall–Kier alpha value is -2.64.